The van der Waals surface area contributed by atoms with Crippen LogP contribution in [0.15, 0.2) is 42.7 Å². The Morgan fingerprint density at radius 3 is 2.72 bits per heavy atom. The second-order valence-electron chi connectivity index (χ2n) is 11.2. The number of ether oxygens (including phenoxy) is 2. The summed E-state index contributed by atoms with van der Waals surface area (Å²) in [5, 5.41) is 21.1. The average Bonchev–Trinajstić information content (AvgIpc) is 3.42. The van der Waals surface area contributed by atoms with Crippen LogP contribution in [-0.4, -0.2) is 88.7 Å². The molecule has 3 aromatic heterocycles. The molecular formula is C31H40N8O3S. The SMILES string of the molecule is COCCCNc1cncc(-c2ccc3nc(Nc4cc(CN5CCOCC5)nc(NC5CCC(O)CC5)n4)sc3c2)c1. The Kier molecular flexibility index (Phi) is 9.90. The zero-order chi connectivity index (χ0) is 29.4. The number of benzene rings is 1. The molecule has 2 fully saturated rings. The van der Waals surface area contributed by atoms with E-state index < -0.39 is 0 Å². The summed E-state index contributed by atoms with van der Waals surface area (Å²) >= 11 is 1.60. The van der Waals surface area contributed by atoms with Gasteiger partial charge in [0.25, 0.3) is 0 Å². The number of hydrogen-bond acceptors (Lipinski definition) is 12. The van der Waals surface area contributed by atoms with Crippen molar-refractivity contribution in [2.24, 2.45) is 0 Å². The first kappa shape index (κ1) is 29.6. The van der Waals surface area contributed by atoms with E-state index in [1.807, 2.05) is 18.5 Å². The molecule has 1 aliphatic heterocycles. The Morgan fingerprint density at radius 1 is 1.02 bits per heavy atom. The fourth-order valence-corrected chi connectivity index (χ4v) is 6.42. The Morgan fingerprint density at radius 2 is 1.88 bits per heavy atom. The molecule has 0 amide bonds. The number of thiazole rings is 1. The molecule has 1 saturated carbocycles. The van der Waals surface area contributed by atoms with E-state index in [4.69, 9.17) is 24.4 Å². The zero-order valence-electron chi connectivity index (χ0n) is 24.6. The molecule has 1 aromatic carbocycles. The molecule has 43 heavy (non-hydrogen) atoms. The van der Waals surface area contributed by atoms with Crippen LogP contribution in [0.3, 0.4) is 0 Å². The number of aliphatic hydroxyl groups is 1. The van der Waals surface area contributed by atoms with Gasteiger partial charge >= 0.3 is 0 Å². The maximum absolute atomic E-state index is 9.93. The monoisotopic (exact) mass is 604 g/mol. The van der Waals surface area contributed by atoms with Crippen LogP contribution in [0.2, 0.25) is 0 Å². The lowest BCUT2D eigenvalue weighted by Crippen LogP contribution is -2.36. The lowest BCUT2D eigenvalue weighted by molar-refractivity contribution is 0.0336. The number of morpholine rings is 1. The van der Waals surface area contributed by atoms with E-state index >= 15 is 0 Å². The number of nitrogens with one attached hydrogen (secondary N) is 3. The molecule has 12 heteroatoms. The van der Waals surface area contributed by atoms with Gasteiger partial charge in [-0.3, -0.25) is 9.88 Å². The van der Waals surface area contributed by atoms with Crippen molar-refractivity contribution in [3.63, 3.8) is 0 Å². The molecule has 1 saturated heterocycles. The first-order valence-corrected chi connectivity index (χ1v) is 15.9. The number of nitrogens with zero attached hydrogens (tertiary/aromatic N) is 5. The largest absolute Gasteiger partial charge is 0.393 e. The van der Waals surface area contributed by atoms with Crippen molar-refractivity contribution in [2.45, 2.75) is 50.8 Å². The third-order valence-corrected chi connectivity index (χ3v) is 8.78. The number of aliphatic hydroxyl groups excluding tert-OH is 1. The van der Waals surface area contributed by atoms with Crippen molar-refractivity contribution >= 4 is 44.1 Å². The summed E-state index contributed by atoms with van der Waals surface area (Å²) in [6.07, 6.45) is 7.88. The third-order valence-electron chi connectivity index (χ3n) is 7.85. The minimum Gasteiger partial charge on any atom is -0.393 e. The Bertz CT molecular complexity index is 1490. The molecule has 4 N–H and O–H groups in total. The van der Waals surface area contributed by atoms with Gasteiger partial charge in [-0.05, 0) is 55.9 Å². The van der Waals surface area contributed by atoms with E-state index in [-0.39, 0.29) is 12.1 Å². The number of aromatic nitrogens is 4. The molecule has 2 aliphatic rings. The fraction of sp³-hybridized carbons (Fsp3) is 0.484. The molecule has 0 atom stereocenters. The van der Waals surface area contributed by atoms with Gasteiger partial charge < -0.3 is 30.5 Å². The average molecular weight is 605 g/mol. The quantitative estimate of drug-likeness (QED) is 0.165. The summed E-state index contributed by atoms with van der Waals surface area (Å²) < 4.78 is 11.8. The summed E-state index contributed by atoms with van der Waals surface area (Å²) in [4.78, 5) is 21.3. The van der Waals surface area contributed by atoms with E-state index in [0.29, 0.717) is 11.8 Å². The van der Waals surface area contributed by atoms with Gasteiger partial charge in [-0.1, -0.05) is 17.4 Å². The second kappa shape index (κ2) is 14.4. The molecule has 0 unspecified atom stereocenters. The Labute approximate surface area is 256 Å². The number of fused-ring (bicyclic) bond motifs is 1. The molecule has 6 rings (SSSR count). The van der Waals surface area contributed by atoms with Crippen LogP contribution in [0.25, 0.3) is 21.3 Å². The number of anilines is 4. The number of rotatable bonds is 12. The van der Waals surface area contributed by atoms with Crippen molar-refractivity contribution in [3.8, 4) is 11.1 Å². The molecule has 4 heterocycles. The highest BCUT2D eigenvalue weighted by molar-refractivity contribution is 7.22. The molecule has 228 valence electrons. The van der Waals surface area contributed by atoms with Gasteiger partial charge in [0.15, 0.2) is 5.13 Å². The molecule has 0 bridgehead atoms. The summed E-state index contributed by atoms with van der Waals surface area (Å²) in [5.74, 6) is 1.33. The fourth-order valence-electron chi connectivity index (χ4n) is 5.51. The van der Waals surface area contributed by atoms with Crippen LogP contribution in [0, 0.1) is 0 Å². The van der Waals surface area contributed by atoms with Crippen LogP contribution < -0.4 is 16.0 Å². The van der Waals surface area contributed by atoms with E-state index in [2.05, 4.69) is 50.1 Å². The van der Waals surface area contributed by atoms with Crippen molar-refractivity contribution in [2.75, 3.05) is 62.5 Å². The molecule has 11 nitrogen and oxygen atoms in total. The number of methoxy groups -OCH3 is 1. The minimum absolute atomic E-state index is 0.202. The lowest BCUT2D eigenvalue weighted by Gasteiger charge is -2.27. The molecule has 4 aromatic rings. The highest BCUT2D eigenvalue weighted by Gasteiger charge is 2.21. The van der Waals surface area contributed by atoms with Gasteiger partial charge in [-0.25, -0.2) is 9.97 Å². The zero-order valence-corrected chi connectivity index (χ0v) is 25.4. The predicted molar refractivity (Wildman–Crippen MR) is 171 cm³/mol. The van der Waals surface area contributed by atoms with Gasteiger partial charge in [0.05, 0.1) is 40.9 Å². The highest BCUT2D eigenvalue weighted by Crippen LogP contribution is 2.33. The van der Waals surface area contributed by atoms with Gasteiger partial charge in [0.1, 0.15) is 5.82 Å². The van der Waals surface area contributed by atoms with Gasteiger partial charge in [0, 0.05) is 70.0 Å². The standard InChI is InChI=1S/C31H40N8O3S/c1-41-12-2-9-33-24-15-22(18-32-19-24)21-3-8-27-28(16-21)43-31(36-27)38-29-17-25(20-39-10-13-42-14-11-39)35-30(37-29)34-23-4-6-26(40)7-5-23/h3,8,15-19,23,26,33,40H,2,4-7,9-14,20H2,1H3,(H2,34,35,36,37,38). The second-order valence-corrected chi connectivity index (χ2v) is 12.2. The van der Waals surface area contributed by atoms with Gasteiger partial charge in [-0.15, -0.1) is 0 Å². The number of hydrogen-bond donors (Lipinski definition) is 4. The maximum atomic E-state index is 9.93. The van der Waals surface area contributed by atoms with Crippen LogP contribution in [-0.2, 0) is 16.0 Å². The summed E-state index contributed by atoms with van der Waals surface area (Å²) in [5.41, 5.74) is 5.01. The maximum Gasteiger partial charge on any atom is 0.225 e. The minimum atomic E-state index is -0.202. The predicted octanol–water partition coefficient (Wildman–Crippen LogP) is 4.89. The topological polar surface area (TPSA) is 130 Å². The van der Waals surface area contributed by atoms with Crippen LogP contribution >= 0.6 is 11.3 Å². The first-order valence-electron chi connectivity index (χ1n) is 15.1. The Hall–Kier alpha value is -3.42. The van der Waals surface area contributed by atoms with Gasteiger partial charge in [0.2, 0.25) is 5.95 Å². The first-order chi connectivity index (χ1) is 21.1. The summed E-state index contributed by atoms with van der Waals surface area (Å²) in [7, 11) is 1.72. The smallest absolute Gasteiger partial charge is 0.225 e. The van der Waals surface area contributed by atoms with E-state index in [1.54, 1.807) is 18.4 Å². The Balaban J connectivity index is 1.19. The van der Waals surface area contributed by atoms with E-state index in [1.165, 1.54) is 0 Å². The van der Waals surface area contributed by atoms with Crippen LogP contribution in [0.4, 0.5) is 22.6 Å². The number of pyridine rings is 1. The van der Waals surface area contributed by atoms with E-state index in [9.17, 15) is 5.11 Å². The van der Waals surface area contributed by atoms with Crippen molar-refractivity contribution < 1.29 is 14.6 Å². The normalized spacial score (nSPS) is 19.4. The third kappa shape index (κ3) is 8.15. The summed E-state index contributed by atoms with van der Waals surface area (Å²) in [6.45, 7) is 5.55. The highest BCUT2D eigenvalue weighted by atomic mass is 32.1. The van der Waals surface area contributed by atoms with Crippen molar-refractivity contribution in [1.29, 1.82) is 0 Å². The van der Waals surface area contributed by atoms with Crippen molar-refractivity contribution in [1.82, 2.24) is 24.8 Å². The van der Waals surface area contributed by atoms with E-state index in [0.717, 1.165) is 116 Å². The molecular weight excluding hydrogens is 564 g/mol. The molecule has 1 aliphatic carbocycles. The van der Waals surface area contributed by atoms with Gasteiger partial charge in [-0.2, -0.15) is 4.98 Å². The van der Waals surface area contributed by atoms with Crippen LogP contribution in [0.1, 0.15) is 37.8 Å². The molecule has 0 spiro atoms. The van der Waals surface area contributed by atoms with Crippen molar-refractivity contribution in [3.05, 3.63) is 48.4 Å². The summed E-state index contributed by atoms with van der Waals surface area (Å²) in [6, 6.07) is 10.7. The lowest BCUT2D eigenvalue weighted by atomic mass is 9.93. The molecule has 0 radical (unpaired) electrons. The van der Waals surface area contributed by atoms with Crippen LogP contribution in [0.5, 0.6) is 0 Å².